The number of aryl methyl sites for hydroxylation is 1. The van der Waals surface area contributed by atoms with Gasteiger partial charge in [0.25, 0.3) is 0 Å². The summed E-state index contributed by atoms with van der Waals surface area (Å²) in [6.07, 6.45) is 8.04. The third kappa shape index (κ3) is 2.80. The molecular formula is C18H28N2O. The van der Waals surface area contributed by atoms with E-state index in [1.54, 1.807) is 0 Å². The zero-order valence-corrected chi connectivity index (χ0v) is 13.7. The number of hydrogen-bond acceptors (Lipinski definition) is 2. The number of ketones is 1. The molecule has 2 fully saturated rings. The van der Waals surface area contributed by atoms with Crippen molar-refractivity contribution < 1.29 is 4.79 Å². The van der Waals surface area contributed by atoms with Gasteiger partial charge < -0.3 is 4.57 Å². The highest BCUT2D eigenvalue weighted by Gasteiger charge is 2.34. The smallest absolute Gasteiger partial charge is 0.178 e. The number of hydrogen-bond donors (Lipinski definition) is 0. The molecule has 3 rings (SSSR count). The van der Waals surface area contributed by atoms with Gasteiger partial charge in [0.05, 0.1) is 6.54 Å². The number of carbonyl (C=O) groups is 1. The maximum Gasteiger partial charge on any atom is 0.178 e. The zero-order valence-electron chi connectivity index (χ0n) is 13.7. The number of nitrogens with zero attached hydrogens (tertiary/aromatic N) is 2. The second-order valence-electron chi connectivity index (χ2n) is 6.99. The number of piperidine rings is 1. The lowest BCUT2D eigenvalue weighted by Crippen LogP contribution is -2.48. The fourth-order valence-electron chi connectivity index (χ4n) is 4.33. The Bertz CT molecular complexity index is 530. The van der Waals surface area contributed by atoms with Gasteiger partial charge in [-0.2, -0.15) is 0 Å². The van der Waals surface area contributed by atoms with Crippen LogP contribution in [0.4, 0.5) is 0 Å². The molecule has 1 saturated heterocycles. The van der Waals surface area contributed by atoms with Gasteiger partial charge in [-0.1, -0.05) is 12.8 Å². The average Bonchev–Trinajstić information content (AvgIpc) is 2.75. The number of fused-ring (bicyclic) bond motifs is 1. The van der Waals surface area contributed by atoms with Crippen molar-refractivity contribution in [3.8, 4) is 0 Å². The lowest BCUT2D eigenvalue weighted by Gasteiger charge is -2.43. The first-order valence-electron chi connectivity index (χ1n) is 8.48. The Kier molecular flexibility index (Phi) is 4.21. The molecule has 2 atom stereocenters. The highest BCUT2D eigenvalue weighted by Crippen LogP contribution is 2.35. The van der Waals surface area contributed by atoms with E-state index in [1.165, 1.54) is 44.2 Å². The van der Waals surface area contributed by atoms with Crippen molar-refractivity contribution in [3.05, 3.63) is 23.0 Å². The van der Waals surface area contributed by atoms with Crippen LogP contribution in [0, 0.1) is 19.8 Å². The predicted molar refractivity (Wildman–Crippen MR) is 85.8 cm³/mol. The standard InChI is InChI=1S/C18H28N2O/c1-13-11-16(14(2)19(13)3)18(21)12-20-10-6-8-15-7-4-5-9-17(15)20/h11,15,17H,4-10,12H2,1-3H3/t15-,17-/m1/s1. The lowest BCUT2D eigenvalue weighted by molar-refractivity contribution is 0.0539. The van der Waals surface area contributed by atoms with Crippen LogP contribution in [0.15, 0.2) is 6.07 Å². The number of rotatable bonds is 3. The quantitative estimate of drug-likeness (QED) is 0.796. The summed E-state index contributed by atoms with van der Waals surface area (Å²) in [7, 11) is 2.04. The molecule has 3 nitrogen and oxygen atoms in total. The van der Waals surface area contributed by atoms with Gasteiger partial charge in [-0.3, -0.25) is 9.69 Å². The number of Topliss-reactive ketones (excluding diaryl/α,β-unsaturated/α-hetero) is 1. The number of carbonyl (C=O) groups excluding carboxylic acids is 1. The highest BCUT2D eigenvalue weighted by atomic mass is 16.1. The summed E-state index contributed by atoms with van der Waals surface area (Å²) in [4.78, 5) is 15.2. The fourth-order valence-corrected chi connectivity index (χ4v) is 4.33. The van der Waals surface area contributed by atoms with E-state index in [0.717, 1.165) is 23.7 Å². The molecule has 0 bridgehead atoms. The molecule has 0 spiro atoms. The lowest BCUT2D eigenvalue weighted by atomic mass is 9.78. The van der Waals surface area contributed by atoms with Crippen molar-refractivity contribution >= 4 is 5.78 Å². The Balaban J connectivity index is 1.72. The maximum absolute atomic E-state index is 12.7. The summed E-state index contributed by atoms with van der Waals surface area (Å²) in [6.45, 7) is 5.85. The van der Waals surface area contributed by atoms with Crippen LogP contribution < -0.4 is 0 Å². The van der Waals surface area contributed by atoms with Crippen molar-refractivity contribution in [3.63, 3.8) is 0 Å². The molecule has 1 saturated carbocycles. The minimum atomic E-state index is 0.308. The van der Waals surface area contributed by atoms with Gasteiger partial charge in [0.2, 0.25) is 0 Å². The third-order valence-corrected chi connectivity index (χ3v) is 5.78. The number of aromatic nitrogens is 1. The van der Waals surface area contributed by atoms with Crippen molar-refractivity contribution in [2.75, 3.05) is 13.1 Å². The van der Waals surface area contributed by atoms with Gasteiger partial charge in [-0.15, -0.1) is 0 Å². The van der Waals surface area contributed by atoms with E-state index in [0.29, 0.717) is 18.4 Å². The van der Waals surface area contributed by atoms with Crippen LogP contribution >= 0.6 is 0 Å². The zero-order chi connectivity index (χ0) is 15.0. The summed E-state index contributed by atoms with van der Waals surface area (Å²) in [5.74, 6) is 1.15. The van der Waals surface area contributed by atoms with E-state index in [9.17, 15) is 4.79 Å². The maximum atomic E-state index is 12.7. The van der Waals surface area contributed by atoms with E-state index in [4.69, 9.17) is 0 Å². The highest BCUT2D eigenvalue weighted by molar-refractivity contribution is 5.99. The van der Waals surface area contributed by atoms with E-state index in [1.807, 2.05) is 7.05 Å². The Morgan fingerprint density at radius 1 is 1.19 bits per heavy atom. The first-order valence-corrected chi connectivity index (χ1v) is 8.48. The van der Waals surface area contributed by atoms with E-state index in [-0.39, 0.29) is 0 Å². The predicted octanol–water partition coefficient (Wildman–Crippen LogP) is 3.48. The molecule has 0 amide bonds. The van der Waals surface area contributed by atoms with Crippen LogP contribution in [0.25, 0.3) is 0 Å². The summed E-state index contributed by atoms with van der Waals surface area (Å²) >= 11 is 0. The molecule has 0 radical (unpaired) electrons. The van der Waals surface area contributed by atoms with Gasteiger partial charge in [0.1, 0.15) is 0 Å². The summed E-state index contributed by atoms with van der Waals surface area (Å²) in [5.41, 5.74) is 3.20. The van der Waals surface area contributed by atoms with Crippen LogP contribution in [-0.2, 0) is 7.05 Å². The first-order chi connectivity index (χ1) is 10.1. The van der Waals surface area contributed by atoms with Gasteiger partial charge in [-0.05, 0) is 58.1 Å². The van der Waals surface area contributed by atoms with Crippen molar-refractivity contribution in [2.24, 2.45) is 13.0 Å². The van der Waals surface area contributed by atoms with Crippen LogP contribution in [0.1, 0.15) is 60.3 Å². The summed E-state index contributed by atoms with van der Waals surface area (Å²) in [6, 6.07) is 2.72. The van der Waals surface area contributed by atoms with E-state index >= 15 is 0 Å². The fraction of sp³-hybridized carbons (Fsp3) is 0.722. The SMILES string of the molecule is Cc1cc(C(=O)CN2CCC[C@H]3CCCC[C@H]32)c(C)n1C. The molecule has 0 aromatic carbocycles. The van der Waals surface area contributed by atoms with Gasteiger partial charge in [0.15, 0.2) is 5.78 Å². The second kappa shape index (κ2) is 5.96. The molecular weight excluding hydrogens is 260 g/mol. The molecule has 1 aromatic heterocycles. The Hall–Kier alpha value is -1.09. The summed E-state index contributed by atoms with van der Waals surface area (Å²) in [5, 5.41) is 0. The Morgan fingerprint density at radius 2 is 1.90 bits per heavy atom. The summed E-state index contributed by atoms with van der Waals surface area (Å²) < 4.78 is 2.12. The van der Waals surface area contributed by atoms with E-state index in [2.05, 4.69) is 29.4 Å². The number of likely N-dealkylation sites (tertiary alicyclic amines) is 1. The van der Waals surface area contributed by atoms with Crippen molar-refractivity contribution in [1.29, 1.82) is 0 Å². The minimum Gasteiger partial charge on any atom is -0.351 e. The molecule has 0 N–H and O–H groups in total. The molecule has 2 aliphatic rings. The van der Waals surface area contributed by atoms with Crippen LogP contribution in [0.5, 0.6) is 0 Å². The van der Waals surface area contributed by atoms with Gasteiger partial charge in [-0.25, -0.2) is 0 Å². The molecule has 1 aromatic rings. The first kappa shape index (κ1) is 14.8. The Morgan fingerprint density at radius 3 is 2.62 bits per heavy atom. The molecule has 1 aliphatic carbocycles. The molecule has 2 heterocycles. The van der Waals surface area contributed by atoms with Crippen LogP contribution in [0.3, 0.4) is 0 Å². The monoisotopic (exact) mass is 288 g/mol. The Labute approximate surface area is 128 Å². The van der Waals surface area contributed by atoms with E-state index < -0.39 is 0 Å². The van der Waals surface area contributed by atoms with Crippen LogP contribution in [-0.4, -0.2) is 34.4 Å². The second-order valence-corrected chi connectivity index (χ2v) is 6.99. The normalized spacial score (nSPS) is 26.6. The third-order valence-electron chi connectivity index (χ3n) is 5.78. The average molecular weight is 288 g/mol. The topological polar surface area (TPSA) is 25.2 Å². The van der Waals surface area contributed by atoms with Gasteiger partial charge in [0, 0.05) is 30.0 Å². The molecule has 1 aliphatic heterocycles. The molecule has 116 valence electrons. The molecule has 21 heavy (non-hydrogen) atoms. The van der Waals surface area contributed by atoms with Crippen LogP contribution in [0.2, 0.25) is 0 Å². The van der Waals surface area contributed by atoms with Gasteiger partial charge >= 0.3 is 0 Å². The van der Waals surface area contributed by atoms with Crippen molar-refractivity contribution in [2.45, 2.75) is 58.4 Å². The minimum absolute atomic E-state index is 0.308. The largest absolute Gasteiger partial charge is 0.351 e. The molecule has 3 heteroatoms. The molecule has 0 unspecified atom stereocenters. The van der Waals surface area contributed by atoms with Crippen molar-refractivity contribution in [1.82, 2.24) is 9.47 Å².